The van der Waals surface area contributed by atoms with Crippen molar-refractivity contribution >= 4 is 0 Å². The largest absolute Gasteiger partial charge is 0.425 e. The third-order valence-electron chi connectivity index (χ3n) is 4.27. The summed E-state index contributed by atoms with van der Waals surface area (Å²) < 4.78 is 5.86. The zero-order chi connectivity index (χ0) is 12.2. The third kappa shape index (κ3) is 2.91. The summed E-state index contributed by atoms with van der Waals surface area (Å²) in [5, 5.41) is 12.0. The first kappa shape index (κ1) is 12.2. The number of nitrogens with one attached hydrogen (secondary N) is 1. The number of nitrogens with zero attached hydrogens (tertiary/aromatic N) is 2. The molecule has 0 aromatic carbocycles. The summed E-state index contributed by atoms with van der Waals surface area (Å²) in [5.41, 5.74) is 0. The maximum atomic E-state index is 5.86. The van der Waals surface area contributed by atoms with Crippen molar-refractivity contribution in [3.63, 3.8) is 0 Å². The fraction of sp³-hybridized carbons (Fsp3) is 0.857. The monoisotopic (exact) mass is 249 g/mol. The minimum absolute atomic E-state index is 0.527. The predicted octanol–water partition coefficient (Wildman–Crippen LogP) is 2.80. The molecule has 2 heterocycles. The van der Waals surface area contributed by atoms with E-state index >= 15 is 0 Å². The molecule has 1 saturated heterocycles. The minimum atomic E-state index is 0.527. The van der Waals surface area contributed by atoms with Crippen molar-refractivity contribution in [2.24, 2.45) is 0 Å². The molecule has 1 atom stereocenters. The van der Waals surface area contributed by atoms with Gasteiger partial charge in [0.1, 0.15) is 0 Å². The lowest BCUT2D eigenvalue weighted by Crippen LogP contribution is -2.35. The lowest BCUT2D eigenvalue weighted by Gasteiger charge is -2.21. The Labute approximate surface area is 109 Å². The minimum Gasteiger partial charge on any atom is -0.425 e. The van der Waals surface area contributed by atoms with Crippen molar-refractivity contribution < 1.29 is 4.42 Å². The molecule has 1 N–H and O–H groups in total. The van der Waals surface area contributed by atoms with E-state index in [0.717, 1.165) is 24.7 Å². The van der Waals surface area contributed by atoms with E-state index in [0.29, 0.717) is 12.0 Å². The molecule has 4 nitrogen and oxygen atoms in total. The van der Waals surface area contributed by atoms with Gasteiger partial charge in [0, 0.05) is 18.4 Å². The van der Waals surface area contributed by atoms with Crippen molar-refractivity contribution in [2.45, 2.75) is 69.7 Å². The molecular weight excluding hydrogens is 226 g/mol. The summed E-state index contributed by atoms with van der Waals surface area (Å²) in [6.45, 7) is 1.13. The topological polar surface area (TPSA) is 51.0 Å². The highest BCUT2D eigenvalue weighted by atomic mass is 16.4. The molecule has 3 rings (SSSR count). The highest BCUT2D eigenvalue weighted by Gasteiger charge is 2.22. The van der Waals surface area contributed by atoms with Crippen LogP contribution in [0.25, 0.3) is 0 Å². The van der Waals surface area contributed by atoms with E-state index in [2.05, 4.69) is 15.5 Å². The van der Waals surface area contributed by atoms with Gasteiger partial charge in [-0.2, -0.15) is 0 Å². The lowest BCUT2D eigenvalue weighted by molar-refractivity contribution is 0.330. The first-order valence-electron chi connectivity index (χ1n) is 7.47. The second-order valence-corrected chi connectivity index (χ2v) is 5.72. The van der Waals surface area contributed by atoms with Crippen LogP contribution in [-0.2, 0) is 6.42 Å². The van der Waals surface area contributed by atoms with Crippen molar-refractivity contribution in [3.05, 3.63) is 11.8 Å². The molecule has 0 radical (unpaired) electrons. The number of piperidine rings is 1. The molecule has 18 heavy (non-hydrogen) atoms. The molecule has 2 fully saturated rings. The van der Waals surface area contributed by atoms with Crippen LogP contribution in [0.4, 0.5) is 0 Å². The summed E-state index contributed by atoms with van der Waals surface area (Å²) in [7, 11) is 0. The molecule has 0 spiro atoms. The summed E-state index contributed by atoms with van der Waals surface area (Å²) >= 11 is 0. The molecule has 1 saturated carbocycles. The van der Waals surface area contributed by atoms with E-state index in [1.807, 2.05) is 0 Å². The van der Waals surface area contributed by atoms with Crippen molar-refractivity contribution in [1.29, 1.82) is 0 Å². The van der Waals surface area contributed by atoms with Crippen molar-refractivity contribution in [1.82, 2.24) is 15.5 Å². The van der Waals surface area contributed by atoms with Crippen LogP contribution in [0.5, 0.6) is 0 Å². The van der Waals surface area contributed by atoms with Gasteiger partial charge in [0.2, 0.25) is 11.8 Å². The molecule has 1 aromatic heterocycles. The van der Waals surface area contributed by atoms with Crippen LogP contribution in [0.1, 0.15) is 69.1 Å². The van der Waals surface area contributed by atoms with Gasteiger partial charge in [-0.15, -0.1) is 10.2 Å². The van der Waals surface area contributed by atoms with Gasteiger partial charge < -0.3 is 9.73 Å². The average molecular weight is 249 g/mol. The molecule has 0 amide bonds. The van der Waals surface area contributed by atoms with Gasteiger partial charge in [0.05, 0.1) is 0 Å². The van der Waals surface area contributed by atoms with Crippen LogP contribution in [0.2, 0.25) is 0 Å². The van der Waals surface area contributed by atoms with E-state index in [1.54, 1.807) is 0 Å². The van der Waals surface area contributed by atoms with E-state index in [9.17, 15) is 0 Å². The summed E-state index contributed by atoms with van der Waals surface area (Å²) in [6, 6.07) is 0.540. The number of aromatic nitrogens is 2. The first-order valence-corrected chi connectivity index (χ1v) is 7.47. The molecule has 1 unspecified atom stereocenters. The van der Waals surface area contributed by atoms with Crippen molar-refractivity contribution in [3.8, 4) is 0 Å². The SMILES string of the molecule is C1CCC(c2nnc(CC3CCCCN3)o2)CC1. The van der Waals surface area contributed by atoms with Gasteiger partial charge in [-0.05, 0) is 32.2 Å². The molecular formula is C14H23N3O. The smallest absolute Gasteiger partial charge is 0.219 e. The van der Waals surface area contributed by atoms with Crippen LogP contribution in [0.15, 0.2) is 4.42 Å². The number of hydrogen-bond donors (Lipinski definition) is 1. The standard InChI is InChI=1S/C14H23N3O/c1-2-6-11(7-3-1)14-17-16-13(18-14)10-12-8-4-5-9-15-12/h11-12,15H,1-10H2. The third-order valence-corrected chi connectivity index (χ3v) is 4.27. The first-order chi connectivity index (χ1) is 8.92. The van der Waals surface area contributed by atoms with Gasteiger partial charge in [-0.25, -0.2) is 0 Å². The Morgan fingerprint density at radius 1 is 1.00 bits per heavy atom. The van der Waals surface area contributed by atoms with Gasteiger partial charge >= 0.3 is 0 Å². The van der Waals surface area contributed by atoms with Gasteiger partial charge in [0.15, 0.2) is 0 Å². The maximum Gasteiger partial charge on any atom is 0.219 e. The molecule has 1 aliphatic heterocycles. The zero-order valence-corrected chi connectivity index (χ0v) is 11.0. The highest BCUT2D eigenvalue weighted by Crippen LogP contribution is 2.31. The highest BCUT2D eigenvalue weighted by molar-refractivity contribution is 4.94. The molecule has 1 aliphatic carbocycles. The molecule has 100 valence electrons. The Morgan fingerprint density at radius 3 is 2.61 bits per heavy atom. The summed E-state index contributed by atoms with van der Waals surface area (Å²) in [4.78, 5) is 0. The number of hydrogen-bond acceptors (Lipinski definition) is 4. The van der Waals surface area contributed by atoms with Gasteiger partial charge in [-0.3, -0.25) is 0 Å². The predicted molar refractivity (Wildman–Crippen MR) is 69.5 cm³/mol. The van der Waals surface area contributed by atoms with Crippen LogP contribution in [0.3, 0.4) is 0 Å². The van der Waals surface area contributed by atoms with Crippen molar-refractivity contribution in [2.75, 3.05) is 6.54 Å². The Bertz CT molecular complexity index is 365. The Balaban J connectivity index is 1.58. The zero-order valence-electron chi connectivity index (χ0n) is 11.0. The summed E-state index contributed by atoms with van der Waals surface area (Å²) in [5.74, 6) is 2.25. The maximum absolute atomic E-state index is 5.86. The van der Waals surface area contributed by atoms with E-state index in [4.69, 9.17) is 4.42 Å². The van der Waals surface area contributed by atoms with E-state index in [1.165, 1.54) is 51.4 Å². The second kappa shape index (κ2) is 5.83. The quantitative estimate of drug-likeness (QED) is 0.895. The van der Waals surface area contributed by atoms with E-state index < -0.39 is 0 Å². The Morgan fingerprint density at radius 2 is 1.83 bits per heavy atom. The Hall–Kier alpha value is -0.900. The second-order valence-electron chi connectivity index (χ2n) is 5.72. The van der Waals surface area contributed by atoms with Gasteiger partial charge in [-0.1, -0.05) is 25.7 Å². The average Bonchev–Trinajstić information content (AvgIpc) is 2.89. The van der Waals surface area contributed by atoms with Crippen LogP contribution >= 0.6 is 0 Å². The molecule has 0 bridgehead atoms. The normalized spacial score (nSPS) is 26.3. The van der Waals surface area contributed by atoms with Crippen LogP contribution in [0, 0.1) is 0 Å². The molecule has 2 aliphatic rings. The number of rotatable bonds is 3. The van der Waals surface area contributed by atoms with Crippen LogP contribution < -0.4 is 5.32 Å². The fourth-order valence-corrected chi connectivity index (χ4v) is 3.17. The molecule has 4 heteroatoms. The fourth-order valence-electron chi connectivity index (χ4n) is 3.17. The Kier molecular flexibility index (Phi) is 3.93. The van der Waals surface area contributed by atoms with E-state index in [-0.39, 0.29) is 0 Å². The van der Waals surface area contributed by atoms with Crippen LogP contribution in [-0.4, -0.2) is 22.8 Å². The van der Waals surface area contributed by atoms with Gasteiger partial charge in [0.25, 0.3) is 0 Å². The summed E-state index contributed by atoms with van der Waals surface area (Å²) in [6.07, 6.45) is 11.2. The molecule has 1 aromatic rings. The lowest BCUT2D eigenvalue weighted by atomic mass is 9.89.